The molecule has 0 spiro atoms. The molecule has 4 rings (SSSR count). The van der Waals surface area contributed by atoms with Crippen molar-refractivity contribution in [2.75, 3.05) is 12.3 Å². The standard InChI is InChI=1S/C17H22N5O12P3S/c18-15-12-16(20-8-19-15)22(9-21-12)17(6-10-4-2-1-3-5-10)14(24)13(23)11(32-17)7-31-36(28,29)34-37(30,38)33-35(25,26)27/h1-5,8-9,11,13-14,23-24H,6-7H2,(H,28,29)(H,30,38)(H2,18,19,20)(H2,25,26,27)/t11-,13-,14-,17-,37?/m1/s1. The van der Waals surface area contributed by atoms with Crippen LogP contribution in [0.15, 0.2) is 43.0 Å². The maximum absolute atomic E-state index is 12.3. The van der Waals surface area contributed by atoms with Gasteiger partial charge in [-0.3, -0.25) is 9.09 Å². The van der Waals surface area contributed by atoms with Crippen molar-refractivity contribution in [3.05, 3.63) is 48.5 Å². The molecule has 2 unspecified atom stereocenters. The van der Waals surface area contributed by atoms with Gasteiger partial charge in [-0.1, -0.05) is 30.3 Å². The Morgan fingerprint density at radius 3 is 2.42 bits per heavy atom. The maximum atomic E-state index is 12.3. The second kappa shape index (κ2) is 10.7. The van der Waals surface area contributed by atoms with Gasteiger partial charge in [-0.15, -0.1) is 0 Å². The molecule has 21 heteroatoms. The number of imidazole rings is 1. The minimum absolute atomic E-state index is 0.0429. The number of benzene rings is 1. The molecule has 17 nitrogen and oxygen atoms in total. The molecule has 0 aliphatic carbocycles. The van der Waals surface area contributed by atoms with Gasteiger partial charge in [0.15, 0.2) is 17.2 Å². The van der Waals surface area contributed by atoms with Crippen LogP contribution in [0.3, 0.4) is 0 Å². The van der Waals surface area contributed by atoms with Crippen molar-refractivity contribution in [2.24, 2.45) is 0 Å². The Balaban J connectivity index is 1.63. The summed E-state index contributed by atoms with van der Waals surface area (Å²) in [6.45, 7) is -5.83. The normalized spacial score (nSPS) is 27.3. The molecule has 0 saturated carbocycles. The zero-order valence-electron chi connectivity index (χ0n) is 18.9. The van der Waals surface area contributed by atoms with E-state index < -0.39 is 53.0 Å². The molecule has 6 atom stereocenters. The van der Waals surface area contributed by atoms with Crippen LogP contribution in [0, 0.1) is 0 Å². The van der Waals surface area contributed by atoms with Crippen LogP contribution in [-0.4, -0.2) is 74.2 Å². The molecule has 3 heterocycles. The van der Waals surface area contributed by atoms with Crippen molar-refractivity contribution < 1.29 is 56.8 Å². The van der Waals surface area contributed by atoms with E-state index in [0.717, 1.165) is 0 Å². The van der Waals surface area contributed by atoms with Crippen LogP contribution >= 0.6 is 22.4 Å². The second-order valence-corrected chi connectivity index (χ2v) is 13.8. The molecule has 2 aromatic heterocycles. The fourth-order valence-electron chi connectivity index (χ4n) is 3.92. The van der Waals surface area contributed by atoms with Crippen LogP contribution in [0.1, 0.15) is 5.56 Å². The van der Waals surface area contributed by atoms with E-state index in [1.807, 2.05) is 0 Å². The summed E-state index contributed by atoms with van der Waals surface area (Å²) in [6, 6.07) is 8.73. The lowest BCUT2D eigenvalue weighted by molar-refractivity contribution is -0.144. The number of hydrogen-bond acceptors (Lipinski definition) is 13. The number of fused-ring (bicyclic) bond motifs is 1. The molecule has 8 N–H and O–H groups in total. The van der Waals surface area contributed by atoms with Crippen LogP contribution in [0.5, 0.6) is 0 Å². The third-order valence-electron chi connectivity index (χ3n) is 5.41. The summed E-state index contributed by atoms with van der Waals surface area (Å²) in [4.78, 5) is 49.4. The molecule has 3 aromatic rings. The van der Waals surface area contributed by atoms with E-state index in [2.05, 4.69) is 35.4 Å². The van der Waals surface area contributed by atoms with E-state index in [4.69, 9.17) is 24.8 Å². The fourth-order valence-corrected chi connectivity index (χ4v) is 8.49. The molecular formula is C17H22N5O12P3S. The van der Waals surface area contributed by atoms with Gasteiger partial charge >= 0.3 is 22.4 Å². The Labute approximate surface area is 218 Å². The predicted molar refractivity (Wildman–Crippen MR) is 131 cm³/mol. The SMILES string of the molecule is Nc1ncnc2c1ncn2[C@]1(Cc2ccccc2)O[C@H](COP(=O)(O)OP(O)(=S)OP(=O)(O)O)[C@@H](O)[C@H]1O. The lowest BCUT2D eigenvalue weighted by Gasteiger charge is -2.34. The van der Waals surface area contributed by atoms with Crippen LogP contribution in [-0.2, 0) is 51.0 Å². The number of aromatic nitrogens is 4. The number of ether oxygens (including phenoxy) is 1. The highest BCUT2D eigenvalue weighted by Crippen LogP contribution is 2.66. The summed E-state index contributed by atoms with van der Waals surface area (Å²) < 4.78 is 43.4. The van der Waals surface area contributed by atoms with Crippen molar-refractivity contribution in [1.29, 1.82) is 0 Å². The molecule has 0 amide bonds. The van der Waals surface area contributed by atoms with Gasteiger partial charge in [0.25, 0.3) is 0 Å². The van der Waals surface area contributed by atoms with E-state index in [-0.39, 0.29) is 23.4 Å². The number of phosphoric ester groups is 1. The number of nitrogen functional groups attached to an aromatic ring is 1. The van der Waals surface area contributed by atoms with Gasteiger partial charge in [0.1, 0.15) is 30.2 Å². The first kappa shape index (κ1) is 29.3. The Bertz CT molecular complexity index is 1460. The third kappa shape index (κ3) is 6.36. The Kier molecular flexibility index (Phi) is 8.23. The summed E-state index contributed by atoms with van der Waals surface area (Å²) in [6.07, 6.45) is -2.46. The predicted octanol–water partition coefficient (Wildman–Crippen LogP) is -0.116. The number of rotatable bonds is 10. The molecule has 38 heavy (non-hydrogen) atoms. The highest BCUT2D eigenvalue weighted by Gasteiger charge is 2.56. The number of nitrogens with two attached hydrogens (primary N) is 1. The molecule has 208 valence electrons. The Morgan fingerprint density at radius 1 is 1.08 bits per heavy atom. The van der Waals surface area contributed by atoms with Gasteiger partial charge in [0.2, 0.25) is 0 Å². The molecule has 1 aliphatic heterocycles. The summed E-state index contributed by atoms with van der Waals surface area (Å²) >= 11 is 4.31. The zero-order chi connectivity index (χ0) is 27.9. The average molecular weight is 613 g/mol. The zero-order valence-corrected chi connectivity index (χ0v) is 22.4. The van der Waals surface area contributed by atoms with Crippen molar-refractivity contribution in [2.45, 2.75) is 30.5 Å². The lowest BCUT2D eigenvalue weighted by atomic mass is 9.95. The van der Waals surface area contributed by atoms with Gasteiger partial charge in [-0.25, -0.2) is 32.7 Å². The number of phosphoric acid groups is 2. The molecule has 1 fully saturated rings. The first-order valence-electron chi connectivity index (χ1n) is 10.4. The van der Waals surface area contributed by atoms with E-state index in [0.29, 0.717) is 5.56 Å². The largest absolute Gasteiger partial charge is 0.479 e. The first-order chi connectivity index (χ1) is 17.6. The quantitative estimate of drug-likeness (QED) is 0.147. The number of anilines is 1. The monoisotopic (exact) mass is 613 g/mol. The first-order valence-corrected chi connectivity index (χ1v) is 16.0. The number of aliphatic hydroxyl groups excluding tert-OH is 2. The van der Waals surface area contributed by atoms with Crippen LogP contribution in [0.4, 0.5) is 5.82 Å². The second-order valence-electron chi connectivity index (χ2n) is 8.03. The molecular weight excluding hydrogens is 591 g/mol. The summed E-state index contributed by atoms with van der Waals surface area (Å²) in [5, 5.41) is 22.0. The molecule has 1 saturated heterocycles. The number of hydrogen-bond donors (Lipinski definition) is 7. The van der Waals surface area contributed by atoms with Gasteiger partial charge in [-0.05, 0) is 17.4 Å². The van der Waals surface area contributed by atoms with Crippen molar-refractivity contribution >= 4 is 51.2 Å². The molecule has 1 aliphatic rings. The van der Waals surface area contributed by atoms with Crippen molar-refractivity contribution in [3.63, 3.8) is 0 Å². The minimum Gasteiger partial charge on any atom is -0.387 e. The average Bonchev–Trinajstić information content (AvgIpc) is 3.33. The fraction of sp³-hybridized carbons (Fsp3) is 0.353. The van der Waals surface area contributed by atoms with Crippen LogP contribution in [0.25, 0.3) is 11.2 Å². The minimum atomic E-state index is -5.38. The highest BCUT2D eigenvalue weighted by atomic mass is 32.5. The summed E-state index contributed by atoms with van der Waals surface area (Å²) in [7, 11) is -10.7. The molecule has 0 bridgehead atoms. The Hall–Kier alpha value is -1.72. The topological polar surface area (TPSA) is 262 Å². The summed E-state index contributed by atoms with van der Waals surface area (Å²) in [5.74, 6) is 0.0483. The van der Waals surface area contributed by atoms with Crippen molar-refractivity contribution in [3.8, 4) is 0 Å². The Morgan fingerprint density at radius 2 is 1.76 bits per heavy atom. The van der Waals surface area contributed by atoms with Gasteiger partial charge in [-0.2, -0.15) is 0 Å². The van der Waals surface area contributed by atoms with E-state index in [9.17, 15) is 29.1 Å². The van der Waals surface area contributed by atoms with E-state index >= 15 is 0 Å². The maximum Gasteiger partial charge on any atom is 0.479 e. The van der Waals surface area contributed by atoms with Crippen LogP contribution in [0.2, 0.25) is 0 Å². The van der Waals surface area contributed by atoms with Crippen LogP contribution < -0.4 is 5.73 Å². The van der Waals surface area contributed by atoms with Gasteiger partial charge in [0, 0.05) is 6.42 Å². The number of aliphatic hydroxyl groups is 2. The van der Waals surface area contributed by atoms with E-state index in [1.165, 1.54) is 17.2 Å². The van der Waals surface area contributed by atoms with Crippen molar-refractivity contribution in [1.82, 2.24) is 19.5 Å². The smallest absolute Gasteiger partial charge is 0.387 e. The summed E-state index contributed by atoms with van der Waals surface area (Å²) in [5.41, 5.74) is 5.12. The molecule has 1 aromatic carbocycles. The number of nitrogens with zero attached hydrogens (tertiary/aromatic N) is 4. The molecule has 0 radical (unpaired) electrons. The van der Waals surface area contributed by atoms with Gasteiger partial charge in [0.05, 0.1) is 12.9 Å². The van der Waals surface area contributed by atoms with E-state index in [1.54, 1.807) is 30.3 Å². The lowest BCUT2D eigenvalue weighted by Crippen LogP contribution is -2.47. The highest BCUT2D eigenvalue weighted by molar-refractivity contribution is 8.09. The van der Waals surface area contributed by atoms with Gasteiger partial charge < -0.3 is 40.3 Å². The third-order valence-corrected chi connectivity index (χ3v) is 10.4.